The van der Waals surface area contributed by atoms with Gasteiger partial charge in [-0.2, -0.15) is 5.10 Å². The number of rotatable bonds is 6. The van der Waals surface area contributed by atoms with Crippen LogP contribution in [0.3, 0.4) is 0 Å². The standard InChI is InChI=1S/C20H28N4O2S/c1-14(12-24-16(3)10-15(2)22-24)11-21-19(25)17-6-4-8-23(13-17)20(26)18-7-5-9-27-18/h5,7,9-10,14,17H,4,6,8,11-13H2,1-3H3,(H,21,25)/t14-,17+/m1/s1. The number of carbonyl (C=O) groups is 2. The fraction of sp³-hybridized carbons (Fsp3) is 0.550. The van der Waals surface area contributed by atoms with Gasteiger partial charge in [0.25, 0.3) is 5.91 Å². The average Bonchev–Trinajstić information content (AvgIpc) is 3.29. The third kappa shape index (κ3) is 4.97. The molecule has 1 aliphatic rings. The van der Waals surface area contributed by atoms with Gasteiger partial charge in [0, 0.05) is 31.9 Å². The second kappa shape index (κ2) is 8.69. The van der Waals surface area contributed by atoms with Crippen molar-refractivity contribution in [2.45, 2.75) is 40.2 Å². The van der Waals surface area contributed by atoms with E-state index < -0.39 is 0 Å². The molecule has 3 rings (SSSR count). The summed E-state index contributed by atoms with van der Waals surface area (Å²) in [4.78, 5) is 27.7. The van der Waals surface area contributed by atoms with Gasteiger partial charge in [-0.1, -0.05) is 13.0 Å². The fourth-order valence-electron chi connectivity index (χ4n) is 3.57. The minimum Gasteiger partial charge on any atom is -0.355 e. The van der Waals surface area contributed by atoms with Crippen LogP contribution in [0, 0.1) is 25.7 Å². The number of aromatic nitrogens is 2. The molecule has 2 amide bonds. The minimum atomic E-state index is -0.122. The third-order valence-electron chi connectivity index (χ3n) is 5.02. The second-order valence-electron chi connectivity index (χ2n) is 7.53. The van der Waals surface area contributed by atoms with Crippen LogP contribution in [-0.4, -0.2) is 46.1 Å². The Bertz CT molecular complexity index is 784. The number of hydrogen-bond acceptors (Lipinski definition) is 4. The maximum absolute atomic E-state index is 12.6. The van der Waals surface area contributed by atoms with Crippen molar-refractivity contribution in [3.63, 3.8) is 0 Å². The molecule has 146 valence electrons. The quantitative estimate of drug-likeness (QED) is 0.827. The molecule has 27 heavy (non-hydrogen) atoms. The maximum atomic E-state index is 12.6. The molecular weight excluding hydrogens is 360 g/mol. The van der Waals surface area contributed by atoms with Crippen molar-refractivity contribution in [3.8, 4) is 0 Å². The summed E-state index contributed by atoms with van der Waals surface area (Å²) in [5, 5.41) is 9.47. The summed E-state index contributed by atoms with van der Waals surface area (Å²) in [5.41, 5.74) is 2.15. The molecule has 0 spiro atoms. The Morgan fingerprint density at radius 1 is 1.41 bits per heavy atom. The number of nitrogens with one attached hydrogen (secondary N) is 1. The number of hydrogen-bond donors (Lipinski definition) is 1. The predicted molar refractivity (Wildman–Crippen MR) is 107 cm³/mol. The fourth-order valence-corrected chi connectivity index (χ4v) is 4.26. The topological polar surface area (TPSA) is 67.2 Å². The van der Waals surface area contributed by atoms with Crippen LogP contribution in [0.4, 0.5) is 0 Å². The van der Waals surface area contributed by atoms with Gasteiger partial charge in [-0.15, -0.1) is 11.3 Å². The SMILES string of the molecule is Cc1cc(C)n(C[C@H](C)CNC(=O)[C@H]2CCCN(C(=O)c3cccs3)C2)n1. The molecular formula is C20H28N4O2S. The normalized spacial score (nSPS) is 18.3. The van der Waals surface area contributed by atoms with Crippen molar-refractivity contribution in [2.75, 3.05) is 19.6 Å². The van der Waals surface area contributed by atoms with E-state index in [1.165, 1.54) is 11.3 Å². The first kappa shape index (κ1) is 19.6. The molecule has 2 aromatic rings. The molecule has 3 heterocycles. The number of carbonyl (C=O) groups excluding carboxylic acids is 2. The molecule has 1 N–H and O–H groups in total. The molecule has 6 nitrogen and oxygen atoms in total. The first-order valence-corrected chi connectivity index (χ1v) is 10.4. The first-order chi connectivity index (χ1) is 12.9. The van der Waals surface area contributed by atoms with Crippen LogP contribution in [0.25, 0.3) is 0 Å². The van der Waals surface area contributed by atoms with Crippen LogP contribution in [0.15, 0.2) is 23.6 Å². The van der Waals surface area contributed by atoms with Gasteiger partial charge in [-0.3, -0.25) is 14.3 Å². The zero-order chi connectivity index (χ0) is 19.4. The van der Waals surface area contributed by atoms with E-state index in [0.717, 1.165) is 42.2 Å². The number of thiophene rings is 1. The lowest BCUT2D eigenvalue weighted by Crippen LogP contribution is -2.46. The number of aryl methyl sites for hydroxylation is 2. The lowest BCUT2D eigenvalue weighted by molar-refractivity contribution is -0.126. The zero-order valence-electron chi connectivity index (χ0n) is 16.3. The highest BCUT2D eigenvalue weighted by Crippen LogP contribution is 2.20. The molecule has 0 radical (unpaired) electrons. The Balaban J connectivity index is 1.48. The van der Waals surface area contributed by atoms with Gasteiger partial charge in [0.15, 0.2) is 0 Å². The molecule has 0 aromatic carbocycles. The van der Waals surface area contributed by atoms with Crippen LogP contribution in [0.5, 0.6) is 0 Å². The van der Waals surface area contributed by atoms with Gasteiger partial charge in [0.05, 0.1) is 16.5 Å². The summed E-state index contributed by atoms with van der Waals surface area (Å²) in [6.45, 7) is 8.79. The summed E-state index contributed by atoms with van der Waals surface area (Å²) in [7, 11) is 0. The van der Waals surface area contributed by atoms with Gasteiger partial charge >= 0.3 is 0 Å². The van der Waals surface area contributed by atoms with Crippen molar-refractivity contribution >= 4 is 23.2 Å². The predicted octanol–water partition coefficient (Wildman–Crippen LogP) is 2.87. The van der Waals surface area contributed by atoms with Crippen LogP contribution < -0.4 is 5.32 Å². The monoisotopic (exact) mass is 388 g/mol. The summed E-state index contributed by atoms with van der Waals surface area (Å²) < 4.78 is 1.99. The van der Waals surface area contributed by atoms with Crippen molar-refractivity contribution < 1.29 is 9.59 Å². The molecule has 1 fully saturated rings. The van der Waals surface area contributed by atoms with E-state index in [1.807, 2.05) is 40.9 Å². The van der Waals surface area contributed by atoms with Gasteiger partial charge in [-0.05, 0) is 50.1 Å². The Hall–Kier alpha value is -2.15. The number of nitrogens with zero attached hydrogens (tertiary/aromatic N) is 3. The Morgan fingerprint density at radius 2 is 2.22 bits per heavy atom. The van der Waals surface area contributed by atoms with Crippen molar-refractivity contribution in [1.29, 1.82) is 0 Å². The van der Waals surface area contributed by atoms with E-state index >= 15 is 0 Å². The van der Waals surface area contributed by atoms with E-state index in [0.29, 0.717) is 19.0 Å². The van der Waals surface area contributed by atoms with Gasteiger partial charge in [0.1, 0.15) is 0 Å². The lowest BCUT2D eigenvalue weighted by atomic mass is 9.96. The zero-order valence-corrected chi connectivity index (χ0v) is 17.1. The number of piperidine rings is 1. The lowest BCUT2D eigenvalue weighted by Gasteiger charge is -2.32. The highest BCUT2D eigenvalue weighted by Gasteiger charge is 2.29. The van der Waals surface area contributed by atoms with E-state index in [2.05, 4.69) is 23.4 Å². The van der Waals surface area contributed by atoms with Gasteiger partial charge < -0.3 is 10.2 Å². The number of likely N-dealkylation sites (tertiary alicyclic amines) is 1. The smallest absolute Gasteiger partial charge is 0.263 e. The van der Waals surface area contributed by atoms with E-state index in [4.69, 9.17) is 0 Å². The molecule has 0 bridgehead atoms. The Kier molecular flexibility index (Phi) is 6.31. The first-order valence-electron chi connectivity index (χ1n) is 9.55. The highest BCUT2D eigenvalue weighted by molar-refractivity contribution is 7.12. The largest absolute Gasteiger partial charge is 0.355 e. The molecule has 0 unspecified atom stereocenters. The molecule has 0 aliphatic carbocycles. The van der Waals surface area contributed by atoms with Crippen LogP contribution in [-0.2, 0) is 11.3 Å². The van der Waals surface area contributed by atoms with Crippen LogP contribution in [0.1, 0.15) is 40.8 Å². The van der Waals surface area contributed by atoms with Crippen molar-refractivity contribution in [1.82, 2.24) is 20.0 Å². The van der Waals surface area contributed by atoms with Gasteiger partial charge in [0.2, 0.25) is 5.91 Å². The molecule has 7 heteroatoms. The summed E-state index contributed by atoms with van der Waals surface area (Å²) in [6.07, 6.45) is 1.71. The summed E-state index contributed by atoms with van der Waals surface area (Å²) >= 11 is 1.45. The number of amides is 2. The summed E-state index contributed by atoms with van der Waals surface area (Å²) in [6, 6.07) is 5.79. The highest BCUT2D eigenvalue weighted by atomic mass is 32.1. The molecule has 2 aromatic heterocycles. The van der Waals surface area contributed by atoms with Crippen molar-refractivity contribution in [2.24, 2.45) is 11.8 Å². The van der Waals surface area contributed by atoms with Crippen molar-refractivity contribution in [3.05, 3.63) is 39.8 Å². The van der Waals surface area contributed by atoms with E-state index in [-0.39, 0.29) is 17.7 Å². The summed E-state index contributed by atoms with van der Waals surface area (Å²) in [5.74, 6) is 0.266. The average molecular weight is 389 g/mol. The minimum absolute atomic E-state index is 0.0420. The second-order valence-corrected chi connectivity index (χ2v) is 8.47. The molecule has 1 saturated heterocycles. The molecule has 0 saturated carbocycles. The Labute approximate surface area is 164 Å². The van der Waals surface area contributed by atoms with E-state index in [9.17, 15) is 9.59 Å². The third-order valence-corrected chi connectivity index (χ3v) is 5.88. The molecule has 2 atom stereocenters. The van der Waals surface area contributed by atoms with Gasteiger partial charge in [-0.25, -0.2) is 0 Å². The molecule has 1 aliphatic heterocycles. The van der Waals surface area contributed by atoms with Crippen LogP contribution >= 0.6 is 11.3 Å². The van der Waals surface area contributed by atoms with E-state index in [1.54, 1.807) is 0 Å². The Morgan fingerprint density at radius 3 is 2.89 bits per heavy atom. The van der Waals surface area contributed by atoms with Crippen LogP contribution in [0.2, 0.25) is 0 Å². The maximum Gasteiger partial charge on any atom is 0.263 e.